The van der Waals surface area contributed by atoms with Crippen molar-refractivity contribution in [1.29, 1.82) is 0 Å². The number of halogens is 1. The number of ether oxygens (including phenoxy) is 1. The van der Waals surface area contributed by atoms with E-state index < -0.39 is 0 Å². The third kappa shape index (κ3) is 4.28. The van der Waals surface area contributed by atoms with E-state index in [2.05, 4.69) is 15.3 Å². The second-order valence-electron chi connectivity index (χ2n) is 6.17. The van der Waals surface area contributed by atoms with Crippen molar-refractivity contribution in [3.63, 3.8) is 0 Å². The molecule has 27 heavy (non-hydrogen) atoms. The molecule has 1 amide bonds. The number of amides is 1. The molecule has 2 aromatic carbocycles. The van der Waals surface area contributed by atoms with E-state index in [0.717, 1.165) is 16.9 Å². The molecule has 0 fully saturated rings. The predicted octanol–water partition coefficient (Wildman–Crippen LogP) is 4.09. The molecule has 5 nitrogen and oxygen atoms in total. The Bertz CT molecular complexity index is 941. The van der Waals surface area contributed by atoms with Gasteiger partial charge in [-0.2, -0.15) is 0 Å². The number of carbonyl (C=O) groups is 1. The maximum Gasteiger partial charge on any atom is 0.255 e. The fourth-order valence-electron chi connectivity index (χ4n) is 2.68. The maximum absolute atomic E-state index is 13.0. The van der Waals surface area contributed by atoms with Gasteiger partial charge in [0.25, 0.3) is 5.91 Å². The monoisotopic (exact) mass is 365 g/mol. The Labute approximate surface area is 157 Å². The number of aromatic nitrogens is 2. The van der Waals surface area contributed by atoms with Crippen LogP contribution in [-0.2, 0) is 0 Å². The van der Waals surface area contributed by atoms with E-state index in [1.165, 1.54) is 18.3 Å². The zero-order valence-corrected chi connectivity index (χ0v) is 15.4. The lowest BCUT2D eigenvalue weighted by atomic mass is 10.1. The van der Waals surface area contributed by atoms with Gasteiger partial charge in [0.2, 0.25) is 0 Å². The summed E-state index contributed by atoms with van der Waals surface area (Å²) in [5, 5.41) is 2.89. The average Bonchev–Trinajstić information content (AvgIpc) is 2.68. The minimum atomic E-state index is -0.310. The Morgan fingerprint density at radius 3 is 2.37 bits per heavy atom. The van der Waals surface area contributed by atoms with E-state index in [9.17, 15) is 9.18 Å². The highest BCUT2D eigenvalue weighted by molar-refractivity contribution is 5.95. The molecule has 1 aromatic heterocycles. The van der Waals surface area contributed by atoms with Crippen LogP contribution in [0.5, 0.6) is 5.75 Å². The number of aryl methyl sites for hydroxylation is 1. The van der Waals surface area contributed by atoms with Crippen molar-refractivity contribution in [2.24, 2.45) is 0 Å². The molecule has 0 spiro atoms. The van der Waals surface area contributed by atoms with Gasteiger partial charge in [-0.3, -0.25) is 4.79 Å². The molecule has 0 unspecified atom stereocenters. The van der Waals surface area contributed by atoms with Gasteiger partial charge in [0.05, 0.1) is 24.4 Å². The lowest BCUT2D eigenvalue weighted by molar-refractivity contribution is 0.0938. The number of methoxy groups -OCH3 is 1. The number of carbonyl (C=O) groups excluding carboxylic acids is 1. The van der Waals surface area contributed by atoms with Crippen LogP contribution in [0.25, 0.3) is 11.4 Å². The van der Waals surface area contributed by atoms with Crippen LogP contribution in [0.4, 0.5) is 4.39 Å². The van der Waals surface area contributed by atoms with Crippen LogP contribution in [0.1, 0.15) is 34.6 Å². The summed E-state index contributed by atoms with van der Waals surface area (Å²) in [5.74, 6) is 0.709. The Hall–Kier alpha value is -3.28. The summed E-state index contributed by atoms with van der Waals surface area (Å²) >= 11 is 0. The molecule has 0 aliphatic carbocycles. The molecule has 0 radical (unpaired) electrons. The Morgan fingerprint density at radius 2 is 1.78 bits per heavy atom. The Morgan fingerprint density at radius 1 is 1.11 bits per heavy atom. The van der Waals surface area contributed by atoms with Gasteiger partial charge >= 0.3 is 0 Å². The molecule has 1 heterocycles. The van der Waals surface area contributed by atoms with Crippen molar-refractivity contribution in [3.05, 3.63) is 77.4 Å². The second-order valence-corrected chi connectivity index (χ2v) is 6.17. The molecule has 0 saturated heterocycles. The Kier molecular flexibility index (Phi) is 5.45. The van der Waals surface area contributed by atoms with E-state index in [1.54, 1.807) is 26.2 Å². The molecule has 6 heteroatoms. The first kappa shape index (κ1) is 18.5. The standard InChI is InChI=1S/C21H20FN3O2/c1-13(15-4-8-17(22)9-5-15)25-21(26)19-12-23-20(24-14(19)2)16-6-10-18(27-3)11-7-16/h4-13H,1-3H3,(H,25,26)/t13-/m1/s1. The summed E-state index contributed by atoms with van der Waals surface area (Å²) in [6.45, 7) is 3.61. The van der Waals surface area contributed by atoms with Gasteiger partial charge in [-0.1, -0.05) is 12.1 Å². The third-order valence-corrected chi connectivity index (χ3v) is 4.29. The fourth-order valence-corrected chi connectivity index (χ4v) is 2.68. The van der Waals surface area contributed by atoms with Crippen LogP contribution < -0.4 is 10.1 Å². The van der Waals surface area contributed by atoms with Crippen LogP contribution in [0.3, 0.4) is 0 Å². The average molecular weight is 365 g/mol. The van der Waals surface area contributed by atoms with E-state index in [0.29, 0.717) is 17.1 Å². The molecule has 3 rings (SSSR count). The second kappa shape index (κ2) is 7.95. The SMILES string of the molecule is COc1ccc(-c2ncc(C(=O)N[C@H](C)c3ccc(F)cc3)c(C)n2)cc1. The minimum absolute atomic E-state index is 0.265. The topological polar surface area (TPSA) is 64.1 Å². The summed E-state index contributed by atoms with van der Waals surface area (Å²) in [5.41, 5.74) is 2.64. The zero-order valence-electron chi connectivity index (χ0n) is 15.4. The third-order valence-electron chi connectivity index (χ3n) is 4.29. The lowest BCUT2D eigenvalue weighted by Crippen LogP contribution is -2.27. The molecule has 1 N–H and O–H groups in total. The molecular formula is C21H20FN3O2. The smallest absolute Gasteiger partial charge is 0.255 e. The molecule has 3 aromatic rings. The molecular weight excluding hydrogens is 345 g/mol. The number of hydrogen-bond acceptors (Lipinski definition) is 4. The minimum Gasteiger partial charge on any atom is -0.497 e. The van der Waals surface area contributed by atoms with E-state index in [4.69, 9.17) is 4.74 Å². The van der Waals surface area contributed by atoms with Crippen molar-refractivity contribution in [1.82, 2.24) is 15.3 Å². The molecule has 0 aliphatic heterocycles. The lowest BCUT2D eigenvalue weighted by Gasteiger charge is -2.15. The highest BCUT2D eigenvalue weighted by atomic mass is 19.1. The number of rotatable bonds is 5. The normalized spacial score (nSPS) is 11.7. The van der Waals surface area contributed by atoms with Gasteiger partial charge in [0, 0.05) is 11.8 Å². The molecule has 0 aliphatic rings. The van der Waals surface area contributed by atoms with E-state index >= 15 is 0 Å². The quantitative estimate of drug-likeness (QED) is 0.740. The number of nitrogens with zero attached hydrogens (tertiary/aromatic N) is 2. The van der Waals surface area contributed by atoms with Crippen molar-refractivity contribution in [2.45, 2.75) is 19.9 Å². The predicted molar refractivity (Wildman–Crippen MR) is 101 cm³/mol. The first-order chi connectivity index (χ1) is 13.0. The van der Waals surface area contributed by atoms with Crippen molar-refractivity contribution in [3.8, 4) is 17.1 Å². The Balaban J connectivity index is 1.76. The molecule has 0 bridgehead atoms. The largest absolute Gasteiger partial charge is 0.497 e. The highest BCUT2D eigenvalue weighted by Crippen LogP contribution is 2.20. The van der Waals surface area contributed by atoms with Gasteiger partial charge in [-0.15, -0.1) is 0 Å². The van der Waals surface area contributed by atoms with Gasteiger partial charge in [-0.05, 0) is 55.8 Å². The van der Waals surface area contributed by atoms with E-state index in [1.807, 2.05) is 31.2 Å². The van der Waals surface area contributed by atoms with Crippen LogP contribution in [0.2, 0.25) is 0 Å². The van der Waals surface area contributed by atoms with Crippen molar-refractivity contribution >= 4 is 5.91 Å². The fraction of sp³-hybridized carbons (Fsp3) is 0.190. The summed E-state index contributed by atoms with van der Waals surface area (Å²) < 4.78 is 18.2. The first-order valence-corrected chi connectivity index (χ1v) is 8.52. The van der Waals surface area contributed by atoms with Crippen LogP contribution in [0, 0.1) is 12.7 Å². The van der Waals surface area contributed by atoms with Gasteiger partial charge < -0.3 is 10.1 Å². The van der Waals surface area contributed by atoms with Crippen molar-refractivity contribution in [2.75, 3.05) is 7.11 Å². The number of hydrogen-bond donors (Lipinski definition) is 1. The summed E-state index contributed by atoms with van der Waals surface area (Å²) in [7, 11) is 1.61. The molecule has 0 saturated carbocycles. The number of benzene rings is 2. The first-order valence-electron chi connectivity index (χ1n) is 8.52. The van der Waals surface area contributed by atoms with Crippen LogP contribution >= 0.6 is 0 Å². The van der Waals surface area contributed by atoms with Crippen LogP contribution in [0.15, 0.2) is 54.7 Å². The molecule has 1 atom stereocenters. The molecule has 138 valence electrons. The summed E-state index contributed by atoms with van der Waals surface area (Å²) in [6.07, 6.45) is 1.52. The van der Waals surface area contributed by atoms with Crippen molar-refractivity contribution < 1.29 is 13.9 Å². The van der Waals surface area contributed by atoms with Gasteiger partial charge in [0.15, 0.2) is 5.82 Å². The zero-order chi connectivity index (χ0) is 19.4. The summed E-state index contributed by atoms with van der Waals surface area (Å²) in [6, 6.07) is 13.2. The summed E-state index contributed by atoms with van der Waals surface area (Å²) in [4.78, 5) is 21.3. The highest BCUT2D eigenvalue weighted by Gasteiger charge is 2.16. The van der Waals surface area contributed by atoms with E-state index in [-0.39, 0.29) is 17.8 Å². The van der Waals surface area contributed by atoms with Gasteiger partial charge in [0.1, 0.15) is 11.6 Å². The van der Waals surface area contributed by atoms with Gasteiger partial charge in [-0.25, -0.2) is 14.4 Å². The number of nitrogens with one attached hydrogen (secondary N) is 1. The maximum atomic E-state index is 13.0. The van der Waals surface area contributed by atoms with Crippen LogP contribution in [-0.4, -0.2) is 23.0 Å².